The van der Waals surface area contributed by atoms with E-state index >= 15 is 0 Å². The fraction of sp³-hybridized carbons (Fsp3) is 0.318. The number of para-hydroxylation sites is 1. The fourth-order valence-corrected chi connectivity index (χ4v) is 2.47. The molecule has 0 saturated carbocycles. The van der Waals surface area contributed by atoms with Crippen molar-refractivity contribution in [2.75, 3.05) is 11.9 Å². The third kappa shape index (κ3) is 7.90. The van der Waals surface area contributed by atoms with Crippen molar-refractivity contribution in [3.05, 3.63) is 65.5 Å². The van der Waals surface area contributed by atoms with Crippen LogP contribution in [0.2, 0.25) is 0 Å². The van der Waals surface area contributed by atoms with Gasteiger partial charge in [0, 0.05) is 30.8 Å². The number of rotatable bonds is 7. The Morgan fingerprint density at radius 2 is 1.63 bits per heavy atom. The van der Waals surface area contributed by atoms with E-state index in [2.05, 4.69) is 16.0 Å². The minimum atomic E-state index is -0.603. The maximum Gasteiger partial charge on any atom is 0.407 e. The molecule has 3 N–H and O–H groups in total. The van der Waals surface area contributed by atoms with Gasteiger partial charge in [-0.15, -0.1) is 0 Å². The third-order valence-electron chi connectivity index (χ3n) is 3.87. The molecule has 2 aromatic carbocycles. The molecule has 160 valence electrons. The Balaban J connectivity index is 1.84. The van der Waals surface area contributed by atoms with Crippen molar-refractivity contribution in [2.24, 2.45) is 0 Å². The van der Waals surface area contributed by atoms with Gasteiger partial charge in [-0.2, -0.15) is 0 Å². The number of anilines is 1. The van der Waals surface area contributed by atoms with Gasteiger partial charge in [-0.1, -0.05) is 18.2 Å². The number of ether oxygens (including phenoxy) is 1. The Labute approximate surface area is 175 Å². The van der Waals surface area contributed by atoms with Crippen molar-refractivity contribution < 1.29 is 23.5 Å². The highest BCUT2D eigenvalue weighted by Crippen LogP contribution is 2.16. The second kappa shape index (κ2) is 10.4. The molecule has 0 fully saturated rings. The molecular weight excluding hydrogens is 389 g/mol. The second-order valence-corrected chi connectivity index (χ2v) is 7.57. The zero-order chi connectivity index (χ0) is 22.1. The molecule has 0 saturated heterocycles. The first-order valence-electron chi connectivity index (χ1n) is 9.52. The van der Waals surface area contributed by atoms with Crippen LogP contribution in [-0.2, 0) is 16.1 Å². The summed E-state index contributed by atoms with van der Waals surface area (Å²) in [5.41, 5.74) is 0.970. The van der Waals surface area contributed by atoms with Gasteiger partial charge >= 0.3 is 6.09 Å². The molecule has 2 aromatic rings. The highest BCUT2D eigenvalue weighted by atomic mass is 19.1. The zero-order valence-corrected chi connectivity index (χ0v) is 17.3. The summed E-state index contributed by atoms with van der Waals surface area (Å²) in [6.45, 7) is 5.61. The average molecular weight is 415 g/mol. The molecule has 0 atom stereocenters. The van der Waals surface area contributed by atoms with E-state index in [0.717, 1.165) is 0 Å². The van der Waals surface area contributed by atoms with E-state index in [-0.39, 0.29) is 31.3 Å². The second-order valence-electron chi connectivity index (χ2n) is 7.57. The first-order chi connectivity index (χ1) is 14.1. The predicted molar refractivity (Wildman–Crippen MR) is 111 cm³/mol. The van der Waals surface area contributed by atoms with Gasteiger partial charge in [0.25, 0.3) is 5.91 Å². The summed E-state index contributed by atoms with van der Waals surface area (Å²) < 4.78 is 18.1. The third-order valence-corrected chi connectivity index (χ3v) is 3.87. The van der Waals surface area contributed by atoms with Gasteiger partial charge in [-0.3, -0.25) is 9.59 Å². The van der Waals surface area contributed by atoms with Crippen LogP contribution >= 0.6 is 0 Å². The van der Waals surface area contributed by atoms with Crippen molar-refractivity contribution in [2.45, 2.75) is 39.3 Å². The molecule has 0 aromatic heterocycles. The SMILES string of the molecule is CC(C)(C)OC(=O)NCCC(=O)NCc1ccccc1NC(=O)c1ccc(F)cc1. The summed E-state index contributed by atoms with van der Waals surface area (Å²) >= 11 is 0. The molecule has 8 heteroatoms. The lowest BCUT2D eigenvalue weighted by Crippen LogP contribution is -2.35. The number of alkyl carbamates (subject to hydrolysis) is 1. The molecule has 0 aliphatic heterocycles. The first-order valence-corrected chi connectivity index (χ1v) is 9.52. The maximum absolute atomic E-state index is 13.0. The fourth-order valence-electron chi connectivity index (χ4n) is 2.47. The monoisotopic (exact) mass is 415 g/mol. The summed E-state index contributed by atoms with van der Waals surface area (Å²) in [6.07, 6.45) is -0.493. The Kier molecular flexibility index (Phi) is 7.91. The molecule has 0 aliphatic rings. The smallest absolute Gasteiger partial charge is 0.407 e. The van der Waals surface area contributed by atoms with Crippen LogP contribution in [0.5, 0.6) is 0 Å². The number of benzene rings is 2. The van der Waals surface area contributed by atoms with E-state index in [4.69, 9.17) is 4.74 Å². The number of nitrogens with one attached hydrogen (secondary N) is 3. The molecule has 2 rings (SSSR count). The van der Waals surface area contributed by atoms with Crippen molar-refractivity contribution >= 4 is 23.6 Å². The Bertz CT molecular complexity index is 892. The topological polar surface area (TPSA) is 96.5 Å². The minimum absolute atomic E-state index is 0.0867. The van der Waals surface area contributed by atoms with Crippen LogP contribution in [0.15, 0.2) is 48.5 Å². The van der Waals surface area contributed by atoms with Gasteiger partial charge in [0.1, 0.15) is 11.4 Å². The quantitative estimate of drug-likeness (QED) is 0.644. The van der Waals surface area contributed by atoms with Gasteiger partial charge in [-0.05, 0) is 56.7 Å². The summed E-state index contributed by atoms with van der Waals surface area (Å²) in [5.74, 6) is -1.06. The predicted octanol–water partition coefficient (Wildman–Crippen LogP) is 3.61. The Morgan fingerprint density at radius 1 is 0.967 bits per heavy atom. The maximum atomic E-state index is 13.0. The molecule has 7 nitrogen and oxygen atoms in total. The molecule has 0 aliphatic carbocycles. The summed E-state index contributed by atoms with van der Waals surface area (Å²) in [6, 6.07) is 12.3. The molecule has 0 unspecified atom stereocenters. The van der Waals surface area contributed by atoms with E-state index in [1.165, 1.54) is 24.3 Å². The Morgan fingerprint density at radius 3 is 2.30 bits per heavy atom. The first kappa shape index (κ1) is 22.9. The lowest BCUT2D eigenvalue weighted by molar-refractivity contribution is -0.121. The number of carbonyl (C=O) groups excluding carboxylic acids is 3. The van der Waals surface area contributed by atoms with E-state index in [0.29, 0.717) is 16.8 Å². The van der Waals surface area contributed by atoms with Crippen LogP contribution in [0, 0.1) is 5.82 Å². The van der Waals surface area contributed by atoms with Crippen LogP contribution in [0.3, 0.4) is 0 Å². The highest BCUT2D eigenvalue weighted by molar-refractivity contribution is 6.04. The Hall–Kier alpha value is -3.42. The van der Waals surface area contributed by atoms with Gasteiger partial charge in [0.2, 0.25) is 5.91 Å². The minimum Gasteiger partial charge on any atom is -0.444 e. The number of hydrogen-bond acceptors (Lipinski definition) is 4. The molecular formula is C22H26FN3O4. The number of amides is 3. The van der Waals surface area contributed by atoms with Crippen molar-refractivity contribution in [1.29, 1.82) is 0 Å². The van der Waals surface area contributed by atoms with Crippen LogP contribution in [0.4, 0.5) is 14.9 Å². The van der Waals surface area contributed by atoms with Gasteiger partial charge in [0.05, 0.1) is 0 Å². The van der Waals surface area contributed by atoms with E-state index < -0.39 is 17.5 Å². The normalized spacial score (nSPS) is 10.8. The van der Waals surface area contributed by atoms with Crippen molar-refractivity contribution in [3.63, 3.8) is 0 Å². The summed E-state index contributed by atoms with van der Waals surface area (Å²) in [7, 11) is 0. The molecule has 3 amide bonds. The zero-order valence-electron chi connectivity index (χ0n) is 17.3. The van der Waals surface area contributed by atoms with E-state index in [1.54, 1.807) is 45.0 Å². The summed E-state index contributed by atoms with van der Waals surface area (Å²) in [4.78, 5) is 36.0. The lowest BCUT2D eigenvalue weighted by Gasteiger charge is -2.19. The van der Waals surface area contributed by atoms with Crippen molar-refractivity contribution in [3.8, 4) is 0 Å². The van der Waals surface area contributed by atoms with Crippen LogP contribution in [0.1, 0.15) is 43.1 Å². The van der Waals surface area contributed by atoms with E-state index in [1.807, 2.05) is 0 Å². The molecule has 0 radical (unpaired) electrons. The largest absolute Gasteiger partial charge is 0.444 e. The number of carbonyl (C=O) groups is 3. The lowest BCUT2D eigenvalue weighted by atomic mass is 10.1. The average Bonchev–Trinajstić information content (AvgIpc) is 2.66. The molecule has 0 bridgehead atoms. The standard InChI is InChI=1S/C22H26FN3O4/c1-22(2,3)30-21(29)24-13-12-19(27)25-14-16-6-4-5-7-18(16)26-20(28)15-8-10-17(23)11-9-15/h4-11H,12-14H2,1-3H3,(H,24,29)(H,25,27)(H,26,28). The summed E-state index contributed by atoms with van der Waals surface area (Å²) in [5, 5.41) is 8.04. The van der Waals surface area contributed by atoms with Gasteiger partial charge < -0.3 is 20.7 Å². The van der Waals surface area contributed by atoms with Crippen LogP contribution in [0.25, 0.3) is 0 Å². The molecule has 0 spiro atoms. The van der Waals surface area contributed by atoms with Gasteiger partial charge in [-0.25, -0.2) is 9.18 Å². The molecule has 30 heavy (non-hydrogen) atoms. The number of halogens is 1. The van der Waals surface area contributed by atoms with Gasteiger partial charge in [0.15, 0.2) is 0 Å². The molecule has 0 heterocycles. The van der Waals surface area contributed by atoms with Crippen LogP contribution in [-0.4, -0.2) is 30.1 Å². The van der Waals surface area contributed by atoms with E-state index in [9.17, 15) is 18.8 Å². The number of hydrogen-bond donors (Lipinski definition) is 3. The highest BCUT2D eigenvalue weighted by Gasteiger charge is 2.16. The van der Waals surface area contributed by atoms with Crippen molar-refractivity contribution in [1.82, 2.24) is 10.6 Å². The van der Waals surface area contributed by atoms with Crippen LogP contribution < -0.4 is 16.0 Å².